The van der Waals surface area contributed by atoms with Gasteiger partial charge in [0, 0.05) is 13.1 Å². The van der Waals surface area contributed by atoms with Gasteiger partial charge in [-0.25, -0.2) is 0 Å². The first-order chi connectivity index (χ1) is 9.79. The molecule has 21 heavy (non-hydrogen) atoms. The van der Waals surface area contributed by atoms with Gasteiger partial charge >= 0.3 is 6.18 Å². The molecular weight excluding hydrogens is 305 g/mol. The molecule has 1 heterocycles. The highest BCUT2D eigenvalue weighted by Gasteiger charge is 2.38. The second-order valence-electron chi connectivity index (χ2n) is 5.11. The lowest BCUT2D eigenvalue weighted by molar-refractivity contribution is -0.147. The van der Waals surface area contributed by atoms with Crippen LogP contribution in [0.1, 0.15) is 38.4 Å². The van der Waals surface area contributed by atoms with Crippen LogP contribution in [0.3, 0.4) is 0 Å². The number of alkyl halides is 3. The van der Waals surface area contributed by atoms with Crippen molar-refractivity contribution in [2.75, 3.05) is 0 Å². The van der Waals surface area contributed by atoms with E-state index in [0.717, 1.165) is 42.0 Å². The molecule has 0 saturated heterocycles. The van der Waals surface area contributed by atoms with Gasteiger partial charge in [-0.05, 0) is 19.8 Å². The number of carbonyl (C=O) groups excluding carboxylic acids is 1. The first-order valence-corrected chi connectivity index (χ1v) is 7.60. The number of nitrogens with zero attached hydrogens (tertiary/aromatic N) is 3. The maximum absolute atomic E-state index is 12.6. The number of halogens is 3. The van der Waals surface area contributed by atoms with Crippen LogP contribution in [0.2, 0.25) is 0 Å². The van der Waals surface area contributed by atoms with Crippen LogP contribution >= 0.6 is 11.8 Å². The molecule has 1 atom stereocenters. The predicted octanol–water partition coefficient (Wildman–Crippen LogP) is 2.37. The minimum Gasteiger partial charge on any atom is -0.352 e. The van der Waals surface area contributed by atoms with E-state index < -0.39 is 17.3 Å². The van der Waals surface area contributed by atoms with E-state index in [9.17, 15) is 18.0 Å². The Morgan fingerprint density at radius 3 is 2.52 bits per heavy atom. The highest BCUT2D eigenvalue weighted by molar-refractivity contribution is 8.00. The quantitative estimate of drug-likeness (QED) is 0.865. The van der Waals surface area contributed by atoms with Gasteiger partial charge in [0.15, 0.2) is 5.16 Å². The minimum absolute atomic E-state index is 0.0800. The zero-order valence-electron chi connectivity index (χ0n) is 11.8. The smallest absolute Gasteiger partial charge is 0.352 e. The molecule has 0 aliphatic heterocycles. The van der Waals surface area contributed by atoms with E-state index in [1.807, 2.05) is 0 Å². The van der Waals surface area contributed by atoms with Crippen LogP contribution in [0.15, 0.2) is 5.16 Å². The molecule has 0 unspecified atom stereocenters. The second kappa shape index (κ2) is 6.25. The van der Waals surface area contributed by atoms with Crippen molar-refractivity contribution in [1.29, 1.82) is 0 Å². The normalized spacial score (nSPS) is 18.0. The van der Waals surface area contributed by atoms with Crippen LogP contribution in [0.4, 0.5) is 13.2 Å². The summed E-state index contributed by atoms with van der Waals surface area (Å²) in [6, 6.07) is 0.186. The van der Waals surface area contributed by atoms with E-state index >= 15 is 0 Å². The lowest BCUT2D eigenvalue weighted by Gasteiger charge is -2.16. The topological polar surface area (TPSA) is 59.8 Å². The van der Waals surface area contributed by atoms with Crippen molar-refractivity contribution in [2.24, 2.45) is 7.05 Å². The third-order valence-corrected chi connectivity index (χ3v) is 4.58. The van der Waals surface area contributed by atoms with Gasteiger partial charge < -0.3 is 9.88 Å². The minimum atomic E-state index is -4.55. The van der Waals surface area contributed by atoms with Crippen LogP contribution in [0.25, 0.3) is 0 Å². The molecule has 1 fully saturated rings. The molecule has 5 nitrogen and oxygen atoms in total. The van der Waals surface area contributed by atoms with Crippen LogP contribution in [-0.2, 0) is 18.0 Å². The molecule has 0 spiro atoms. The Balaban J connectivity index is 1.97. The van der Waals surface area contributed by atoms with Gasteiger partial charge in [0.05, 0.1) is 5.25 Å². The third-order valence-electron chi connectivity index (χ3n) is 3.44. The summed E-state index contributed by atoms with van der Waals surface area (Å²) in [6.45, 7) is 1.65. The Bertz CT molecular complexity index is 511. The van der Waals surface area contributed by atoms with E-state index in [0.29, 0.717) is 0 Å². The van der Waals surface area contributed by atoms with E-state index in [1.54, 1.807) is 6.92 Å². The summed E-state index contributed by atoms with van der Waals surface area (Å²) in [5.74, 6) is -1.24. The zero-order chi connectivity index (χ0) is 15.6. The van der Waals surface area contributed by atoms with Crippen LogP contribution in [0.5, 0.6) is 0 Å². The fraction of sp³-hybridized carbons (Fsp3) is 0.750. The molecular formula is C12H17F3N4OS. The molecule has 118 valence electrons. The average molecular weight is 322 g/mol. The maximum Gasteiger partial charge on any atom is 0.451 e. The second-order valence-corrected chi connectivity index (χ2v) is 6.42. The number of rotatable bonds is 4. The van der Waals surface area contributed by atoms with Gasteiger partial charge in [-0.3, -0.25) is 4.79 Å². The fourth-order valence-corrected chi connectivity index (χ4v) is 3.09. The highest BCUT2D eigenvalue weighted by atomic mass is 32.2. The monoisotopic (exact) mass is 322 g/mol. The van der Waals surface area contributed by atoms with Crippen LogP contribution in [0, 0.1) is 0 Å². The van der Waals surface area contributed by atoms with Gasteiger partial charge in [0.1, 0.15) is 0 Å². The zero-order valence-corrected chi connectivity index (χ0v) is 12.6. The number of aromatic nitrogens is 3. The number of amides is 1. The average Bonchev–Trinajstić information content (AvgIpc) is 2.99. The fourth-order valence-electron chi connectivity index (χ4n) is 2.26. The summed E-state index contributed by atoms with van der Waals surface area (Å²) >= 11 is 0.976. The first kappa shape index (κ1) is 16.1. The van der Waals surface area contributed by atoms with Gasteiger partial charge in [-0.1, -0.05) is 24.6 Å². The van der Waals surface area contributed by atoms with E-state index in [2.05, 4.69) is 15.5 Å². The molecule has 1 aliphatic rings. The maximum atomic E-state index is 12.6. The predicted molar refractivity (Wildman–Crippen MR) is 71.7 cm³/mol. The Hall–Kier alpha value is -1.25. The Labute approximate surface area is 124 Å². The summed E-state index contributed by atoms with van der Waals surface area (Å²) in [5.41, 5.74) is 0. The Morgan fingerprint density at radius 2 is 2.00 bits per heavy atom. The summed E-state index contributed by atoms with van der Waals surface area (Å²) in [7, 11) is 1.24. The van der Waals surface area contributed by atoms with Crippen molar-refractivity contribution in [3.63, 3.8) is 0 Å². The van der Waals surface area contributed by atoms with E-state index in [4.69, 9.17) is 0 Å². The van der Waals surface area contributed by atoms with Crippen molar-refractivity contribution in [3.8, 4) is 0 Å². The van der Waals surface area contributed by atoms with E-state index in [-0.39, 0.29) is 17.1 Å². The lowest BCUT2D eigenvalue weighted by atomic mass is 10.2. The number of hydrogen-bond acceptors (Lipinski definition) is 4. The first-order valence-electron chi connectivity index (χ1n) is 6.72. The Morgan fingerprint density at radius 1 is 1.38 bits per heavy atom. The summed E-state index contributed by atoms with van der Waals surface area (Å²) in [6.07, 6.45) is -0.415. The van der Waals surface area contributed by atoms with Gasteiger partial charge in [0.2, 0.25) is 11.7 Å². The van der Waals surface area contributed by atoms with Crippen molar-refractivity contribution >= 4 is 17.7 Å². The third kappa shape index (κ3) is 3.90. The molecule has 0 radical (unpaired) electrons. The highest BCUT2D eigenvalue weighted by Crippen LogP contribution is 2.30. The number of carbonyl (C=O) groups is 1. The van der Waals surface area contributed by atoms with E-state index in [1.165, 1.54) is 7.05 Å². The Kier molecular flexibility index (Phi) is 4.80. The molecule has 1 N–H and O–H groups in total. The molecule has 0 aromatic carbocycles. The number of nitrogens with one attached hydrogen (secondary N) is 1. The molecule has 9 heteroatoms. The molecule has 1 amide bonds. The molecule has 1 aliphatic carbocycles. The molecule has 1 aromatic rings. The molecule has 1 aromatic heterocycles. The van der Waals surface area contributed by atoms with Gasteiger partial charge in [-0.2, -0.15) is 13.2 Å². The number of thioether (sulfide) groups is 1. The SMILES string of the molecule is C[C@@H](Sc1nnc(C(F)(F)F)n1C)C(=O)NC1CCCC1. The molecule has 2 rings (SSSR count). The van der Waals surface area contributed by atoms with Crippen molar-refractivity contribution in [2.45, 2.75) is 55.2 Å². The summed E-state index contributed by atoms with van der Waals surface area (Å²) in [4.78, 5) is 12.0. The van der Waals surface area contributed by atoms with Crippen molar-refractivity contribution in [3.05, 3.63) is 5.82 Å². The lowest BCUT2D eigenvalue weighted by Crippen LogP contribution is -2.37. The standard InChI is InChI=1S/C12H17F3N4OS/c1-7(9(20)16-8-5-3-4-6-8)21-11-18-17-10(19(11)2)12(13,14)15/h7-8H,3-6H2,1-2H3,(H,16,20)/t7-/m1/s1. The van der Waals surface area contributed by atoms with Crippen molar-refractivity contribution in [1.82, 2.24) is 20.1 Å². The summed E-state index contributed by atoms with van der Waals surface area (Å²) in [5, 5.41) is 9.13. The van der Waals surface area contributed by atoms with Crippen molar-refractivity contribution < 1.29 is 18.0 Å². The largest absolute Gasteiger partial charge is 0.451 e. The molecule has 0 bridgehead atoms. The summed E-state index contributed by atoms with van der Waals surface area (Å²) < 4.78 is 38.7. The number of hydrogen-bond donors (Lipinski definition) is 1. The molecule has 1 saturated carbocycles. The van der Waals surface area contributed by atoms with Gasteiger partial charge in [0.25, 0.3) is 0 Å². The van der Waals surface area contributed by atoms with Crippen LogP contribution < -0.4 is 5.32 Å². The van der Waals surface area contributed by atoms with Crippen LogP contribution in [-0.4, -0.2) is 32.0 Å². The van der Waals surface area contributed by atoms with Gasteiger partial charge in [-0.15, -0.1) is 10.2 Å².